The lowest BCUT2D eigenvalue weighted by Crippen LogP contribution is -2.33. The maximum Gasteiger partial charge on any atom is 0.266 e. The van der Waals surface area contributed by atoms with Gasteiger partial charge in [0, 0.05) is 12.6 Å². The van der Waals surface area contributed by atoms with Crippen LogP contribution in [0.15, 0.2) is 30.3 Å². The van der Waals surface area contributed by atoms with Gasteiger partial charge in [-0.05, 0) is 59.1 Å². The van der Waals surface area contributed by atoms with Crippen LogP contribution in [0.25, 0.3) is 0 Å². The topological polar surface area (TPSA) is 66.5 Å². The number of hydrogen-bond donors (Lipinski definition) is 1. The fourth-order valence-corrected chi connectivity index (χ4v) is 5.27. The summed E-state index contributed by atoms with van der Waals surface area (Å²) in [6.45, 7) is 12.0. The van der Waals surface area contributed by atoms with E-state index in [-0.39, 0.29) is 28.6 Å². The van der Waals surface area contributed by atoms with Gasteiger partial charge in [0.1, 0.15) is 0 Å². The minimum atomic E-state index is -0.309. The molecule has 1 N–H and O–H groups in total. The summed E-state index contributed by atoms with van der Waals surface area (Å²) in [6, 6.07) is 8.94. The van der Waals surface area contributed by atoms with Gasteiger partial charge in [0.05, 0.1) is 16.8 Å². The number of rotatable bonds is 2. The number of nitrogens with one attached hydrogen (secondary N) is 1. The van der Waals surface area contributed by atoms with Crippen molar-refractivity contribution in [3.8, 4) is 0 Å². The molecule has 5 heteroatoms. The number of benzene rings is 2. The van der Waals surface area contributed by atoms with Crippen LogP contribution in [0.1, 0.15) is 78.4 Å². The third kappa shape index (κ3) is 2.71. The van der Waals surface area contributed by atoms with E-state index in [0.717, 1.165) is 23.1 Å². The highest BCUT2D eigenvalue weighted by atomic mass is 16.2. The summed E-state index contributed by atoms with van der Waals surface area (Å²) in [5.41, 5.74) is 4.57. The van der Waals surface area contributed by atoms with Crippen molar-refractivity contribution >= 4 is 29.1 Å². The van der Waals surface area contributed by atoms with E-state index in [4.69, 9.17) is 0 Å². The van der Waals surface area contributed by atoms with E-state index in [9.17, 15) is 14.4 Å². The number of anilines is 2. The van der Waals surface area contributed by atoms with E-state index >= 15 is 0 Å². The third-order valence-corrected chi connectivity index (χ3v) is 6.17. The molecule has 2 aliphatic rings. The molecule has 0 unspecified atom stereocenters. The quantitative estimate of drug-likeness (QED) is 0.755. The van der Waals surface area contributed by atoms with Gasteiger partial charge in [-0.2, -0.15) is 0 Å². The molecule has 0 spiro atoms. The van der Waals surface area contributed by atoms with Gasteiger partial charge in [-0.1, -0.05) is 39.8 Å². The molecule has 2 aromatic carbocycles. The molecule has 29 heavy (non-hydrogen) atoms. The van der Waals surface area contributed by atoms with Crippen LogP contribution in [0.4, 0.5) is 11.4 Å². The predicted octanol–water partition coefficient (Wildman–Crippen LogP) is 4.71. The van der Waals surface area contributed by atoms with Crippen LogP contribution < -0.4 is 10.2 Å². The Morgan fingerprint density at radius 1 is 1.00 bits per heavy atom. The zero-order valence-electron chi connectivity index (χ0n) is 17.8. The lowest BCUT2D eigenvalue weighted by atomic mass is 9.81. The Labute approximate surface area is 171 Å². The second-order valence-corrected chi connectivity index (χ2v) is 9.44. The highest BCUT2D eigenvalue weighted by Gasteiger charge is 2.48. The molecular weight excluding hydrogens is 364 g/mol. The summed E-state index contributed by atoms with van der Waals surface area (Å²) >= 11 is 0. The Morgan fingerprint density at radius 2 is 1.55 bits per heavy atom. The van der Waals surface area contributed by atoms with Crippen LogP contribution in [0.2, 0.25) is 0 Å². The SMILES string of the molecule is CC(=O)Nc1cc2c(c(N3C(=O)c4ccccc4C3=O)c1C)C(C)(C)CC2(C)C. The zero-order chi connectivity index (χ0) is 21.3. The van der Waals surface area contributed by atoms with E-state index < -0.39 is 0 Å². The van der Waals surface area contributed by atoms with Gasteiger partial charge in [0.15, 0.2) is 0 Å². The van der Waals surface area contributed by atoms with Crippen LogP contribution >= 0.6 is 0 Å². The van der Waals surface area contributed by atoms with Crippen molar-refractivity contribution in [2.75, 3.05) is 10.2 Å². The molecule has 3 amide bonds. The molecule has 0 saturated carbocycles. The molecule has 5 nitrogen and oxygen atoms in total. The second-order valence-electron chi connectivity index (χ2n) is 9.44. The molecule has 0 fully saturated rings. The molecule has 4 rings (SSSR count). The molecule has 150 valence electrons. The smallest absolute Gasteiger partial charge is 0.266 e. The van der Waals surface area contributed by atoms with Gasteiger partial charge in [0.25, 0.3) is 11.8 Å². The number of carbonyl (C=O) groups is 3. The first kappa shape index (κ1) is 19.4. The minimum Gasteiger partial charge on any atom is -0.326 e. The van der Waals surface area contributed by atoms with E-state index in [1.54, 1.807) is 24.3 Å². The first-order valence-corrected chi connectivity index (χ1v) is 9.90. The Kier molecular flexibility index (Phi) is 4.02. The average Bonchev–Trinajstić information content (AvgIpc) is 2.96. The largest absolute Gasteiger partial charge is 0.326 e. The zero-order valence-corrected chi connectivity index (χ0v) is 17.8. The van der Waals surface area contributed by atoms with E-state index in [0.29, 0.717) is 22.5 Å². The van der Waals surface area contributed by atoms with E-state index in [1.807, 2.05) is 13.0 Å². The summed E-state index contributed by atoms with van der Waals surface area (Å²) in [5.74, 6) is -0.802. The predicted molar refractivity (Wildman–Crippen MR) is 114 cm³/mol. The normalized spacial score (nSPS) is 18.6. The highest BCUT2D eigenvalue weighted by Crippen LogP contribution is 2.55. The van der Waals surface area contributed by atoms with E-state index in [1.165, 1.54) is 11.8 Å². The molecule has 0 atom stereocenters. The molecule has 0 radical (unpaired) electrons. The maximum absolute atomic E-state index is 13.3. The average molecular weight is 390 g/mol. The monoisotopic (exact) mass is 390 g/mol. The highest BCUT2D eigenvalue weighted by molar-refractivity contribution is 6.35. The Bertz CT molecular complexity index is 1060. The molecule has 1 aliphatic carbocycles. The lowest BCUT2D eigenvalue weighted by molar-refractivity contribution is -0.114. The van der Waals surface area contributed by atoms with Gasteiger partial charge < -0.3 is 5.32 Å². The molecule has 1 aliphatic heterocycles. The van der Waals surface area contributed by atoms with Crippen LogP contribution in [0.3, 0.4) is 0 Å². The maximum atomic E-state index is 13.3. The van der Waals surface area contributed by atoms with Gasteiger partial charge in [-0.3, -0.25) is 14.4 Å². The first-order chi connectivity index (χ1) is 13.5. The van der Waals surface area contributed by atoms with Crippen molar-refractivity contribution in [1.82, 2.24) is 0 Å². The number of hydrogen-bond acceptors (Lipinski definition) is 3. The van der Waals surface area contributed by atoms with Gasteiger partial charge >= 0.3 is 0 Å². The summed E-state index contributed by atoms with van der Waals surface area (Å²) in [6.07, 6.45) is 0.883. The van der Waals surface area contributed by atoms with Crippen molar-refractivity contribution in [1.29, 1.82) is 0 Å². The fourth-order valence-electron chi connectivity index (χ4n) is 5.27. The van der Waals surface area contributed by atoms with Crippen molar-refractivity contribution in [3.63, 3.8) is 0 Å². The standard InChI is InChI=1S/C24H26N2O3/c1-13-18(25-14(2)27)11-17-19(24(5,6)12-23(17,3)4)20(13)26-21(28)15-9-7-8-10-16(15)22(26)29/h7-11H,12H2,1-6H3,(H,25,27). The number of imide groups is 1. The molecule has 1 heterocycles. The molecule has 0 bridgehead atoms. The number of fused-ring (bicyclic) bond motifs is 2. The Morgan fingerprint density at radius 3 is 2.07 bits per heavy atom. The number of carbonyl (C=O) groups excluding carboxylic acids is 3. The van der Waals surface area contributed by atoms with Crippen LogP contribution in [0, 0.1) is 6.92 Å². The Hall–Kier alpha value is -2.95. The van der Waals surface area contributed by atoms with Crippen LogP contribution in [-0.2, 0) is 15.6 Å². The lowest BCUT2D eigenvalue weighted by Gasteiger charge is -2.29. The van der Waals surface area contributed by atoms with Gasteiger partial charge in [-0.25, -0.2) is 4.90 Å². The van der Waals surface area contributed by atoms with Crippen molar-refractivity contribution in [2.45, 2.75) is 58.8 Å². The van der Waals surface area contributed by atoms with Crippen molar-refractivity contribution in [2.24, 2.45) is 0 Å². The number of amides is 3. The fraction of sp³-hybridized carbons (Fsp3) is 0.375. The summed E-state index contributed by atoms with van der Waals surface area (Å²) in [5, 5.41) is 2.89. The van der Waals surface area contributed by atoms with Crippen molar-refractivity contribution < 1.29 is 14.4 Å². The summed E-state index contributed by atoms with van der Waals surface area (Å²) in [4.78, 5) is 39.7. The first-order valence-electron chi connectivity index (χ1n) is 9.90. The molecular formula is C24H26N2O3. The molecule has 0 aromatic heterocycles. The third-order valence-electron chi connectivity index (χ3n) is 6.17. The summed E-state index contributed by atoms with van der Waals surface area (Å²) in [7, 11) is 0. The second kappa shape index (κ2) is 6.02. The minimum absolute atomic E-state index is 0.146. The van der Waals surface area contributed by atoms with Gasteiger partial charge in [0.2, 0.25) is 5.91 Å². The summed E-state index contributed by atoms with van der Waals surface area (Å²) < 4.78 is 0. The molecule has 0 saturated heterocycles. The Balaban J connectivity index is 2.04. The van der Waals surface area contributed by atoms with Crippen molar-refractivity contribution in [3.05, 3.63) is 58.1 Å². The van der Waals surface area contributed by atoms with Crippen LogP contribution in [-0.4, -0.2) is 17.7 Å². The van der Waals surface area contributed by atoms with Crippen LogP contribution in [0.5, 0.6) is 0 Å². The molecule has 2 aromatic rings. The van der Waals surface area contributed by atoms with Gasteiger partial charge in [-0.15, -0.1) is 0 Å². The van der Waals surface area contributed by atoms with E-state index in [2.05, 4.69) is 33.0 Å². The number of nitrogens with zero attached hydrogens (tertiary/aromatic N) is 1.